The Morgan fingerprint density at radius 1 is 0.800 bits per heavy atom. The number of hydrogen-bond donors (Lipinski definition) is 0. The number of allylic oxidation sites excluding steroid dienone is 4. The molecule has 0 aromatic heterocycles. The summed E-state index contributed by atoms with van der Waals surface area (Å²) >= 11 is 15.5. The van der Waals surface area contributed by atoms with Gasteiger partial charge in [-0.2, -0.15) is 0 Å². The van der Waals surface area contributed by atoms with Gasteiger partial charge in [0.1, 0.15) is 13.2 Å². The quantitative estimate of drug-likeness (QED) is 0.236. The van der Waals surface area contributed by atoms with Gasteiger partial charge in [-0.15, -0.1) is 0 Å². The second-order valence-electron chi connectivity index (χ2n) is 4.29. The number of carbonyl (C=O) groups is 2. The maximum absolute atomic E-state index is 10.8. The minimum atomic E-state index is -0.489. The molecule has 0 rings (SSSR count). The van der Waals surface area contributed by atoms with Crippen molar-refractivity contribution in [1.82, 2.24) is 0 Å². The van der Waals surface area contributed by atoms with Crippen LogP contribution in [0.1, 0.15) is 13.8 Å². The summed E-state index contributed by atoms with van der Waals surface area (Å²) in [7, 11) is 0. The molecule has 0 aliphatic heterocycles. The van der Waals surface area contributed by atoms with Gasteiger partial charge >= 0.3 is 11.9 Å². The Labute approximate surface area is 164 Å². The third-order valence-corrected chi connectivity index (χ3v) is 2.47. The molecule has 0 bridgehead atoms. The highest BCUT2D eigenvalue weighted by Gasteiger charge is 2.05. The van der Waals surface area contributed by atoms with Crippen LogP contribution < -0.4 is 0 Å². The van der Waals surface area contributed by atoms with Gasteiger partial charge in [0.25, 0.3) is 0 Å². The van der Waals surface area contributed by atoms with Crippen molar-refractivity contribution in [2.75, 3.05) is 13.2 Å². The molecule has 25 heavy (non-hydrogen) atoms. The monoisotopic (exact) mass is 408 g/mol. The summed E-state index contributed by atoms with van der Waals surface area (Å²) in [6.07, 6.45) is 1.49. The molecule has 4 nitrogen and oxygen atoms in total. The van der Waals surface area contributed by atoms with E-state index in [2.05, 4.69) is 48.9 Å². The van der Waals surface area contributed by atoms with Gasteiger partial charge in [-0.3, -0.25) is 0 Å². The molecule has 0 saturated carbocycles. The lowest BCUT2D eigenvalue weighted by Gasteiger charge is -2.05. The molecule has 0 unspecified atom stereocenters. The Hall–Kier alpha value is -1.75. The van der Waals surface area contributed by atoms with Crippen LogP contribution in [0, 0.1) is 0 Å². The second kappa shape index (κ2) is 17.1. The van der Waals surface area contributed by atoms with Gasteiger partial charge in [0.2, 0.25) is 0 Å². The van der Waals surface area contributed by atoms with Crippen LogP contribution in [0.2, 0.25) is 0 Å². The van der Waals surface area contributed by atoms with E-state index in [9.17, 15) is 9.59 Å². The van der Waals surface area contributed by atoms with E-state index in [4.69, 9.17) is 34.8 Å². The van der Waals surface area contributed by atoms with Crippen molar-refractivity contribution in [2.24, 2.45) is 0 Å². The molecule has 0 radical (unpaired) electrons. The number of rotatable bonds is 7. The lowest BCUT2D eigenvalue weighted by atomic mass is 10.4. The molecule has 0 spiro atoms. The summed E-state index contributed by atoms with van der Waals surface area (Å²) in [4.78, 5) is 21.7. The van der Waals surface area contributed by atoms with Crippen LogP contribution in [0.4, 0.5) is 0 Å². The molecule has 0 amide bonds. The van der Waals surface area contributed by atoms with Crippen LogP contribution in [-0.4, -0.2) is 25.2 Å². The highest BCUT2D eigenvalue weighted by atomic mass is 35.5. The van der Waals surface area contributed by atoms with Gasteiger partial charge in [0.05, 0.1) is 10.1 Å². The van der Waals surface area contributed by atoms with E-state index in [1.807, 2.05) is 0 Å². The van der Waals surface area contributed by atoms with Crippen LogP contribution in [0.25, 0.3) is 0 Å². The van der Waals surface area contributed by atoms with Crippen molar-refractivity contribution in [3.05, 3.63) is 71.8 Å². The summed E-state index contributed by atoms with van der Waals surface area (Å²) in [6, 6.07) is 0. The van der Waals surface area contributed by atoms with Gasteiger partial charge in [0, 0.05) is 16.2 Å². The first-order chi connectivity index (χ1) is 11.4. The predicted molar refractivity (Wildman–Crippen MR) is 107 cm³/mol. The van der Waals surface area contributed by atoms with Gasteiger partial charge in [-0.1, -0.05) is 80.4 Å². The first-order valence-electron chi connectivity index (χ1n) is 6.68. The van der Waals surface area contributed by atoms with E-state index in [-0.39, 0.29) is 13.2 Å². The molecular weight excluding hydrogens is 387 g/mol. The Morgan fingerprint density at radius 3 is 1.16 bits per heavy atom. The molecule has 7 heteroatoms. The fraction of sp³-hybridized carbons (Fsp3) is 0.222. The third-order valence-electron chi connectivity index (χ3n) is 1.76. The van der Waals surface area contributed by atoms with E-state index in [1.165, 1.54) is 6.08 Å². The number of ether oxygens (including phenoxy) is 2. The standard InChI is InChI=1S/C10H14O4.C4H4Cl2.C4H5Cl/c1-7(2)9(11)13-5-6-14-10(12)8(3)4;1-3(5)4(2)6;1-3-4(2)5/h1,3,5-6H2,2,4H3;1-2H2;3H,1-2H2. The number of halogens is 3. The topological polar surface area (TPSA) is 52.6 Å². The average molecular weight is 410 g/mol. The summed E-state index contributed by atoms with van der Waals surface area (Å²) in [6.45, 7) is 23.2. The third kappa shape index (κ3) is 24.6. The summed E-state index contributed by atoms with van der Waals surface area (Å²) in [5.74, 6) is -0.979. The first-order valence-corrected chi connectivity index (χ1v) is 7.81. The smallest absolute Gasteiger partial charge is 0.333 e. The number of esters is 2. The Bertz CT molecular complexity index is 509. The summed E-state index contributed by atoms with van der Waals surface area (Å²) in [5.41, 5.74) is 0.632. The lowest BCUT2D eigenvalue weighted by molar-refractivity contribution is -0.147. The Kier molecular flexibility index (Phi) is 19.2. The molecule has 0 N–H and O–H groups in total. The van der Waals surface area contributed by atoms with Crippen LogP contribution >= 0.6 is 34.8 Å². The van der Waals surface area contributed by atoms with Crippen molar-refractivity contribution >= 4 is 46.7 Å². The molecule has 0 aromatic carbocycles. The average Bonchev–Trinajstić information content (AvgIpc) is 2.51. The zero-order valence-electron chi connectivity index (χ0n) is 14.5. The molecular formula is C18H23Cl3O4. The Balaban J connectivity index is -0.000000362. The van der Waals surface area contributed by atoms with Gasteiger partial charge < -0.3 is 9.47 Å². The van der Waals surface area contributed by atoms with Crippen molar-refractivity contribution in [2.45, 2.75) is 13.8 Å². The number of carbonyl (C=O) groups excluding carboxylic acids is 2. The van der Waals surface area contributed by atoms with Crippen molar-refractivity contribution < 1.29 is 19.1 Å². The molecule has 0 heterocycles. The first kappa shape index (κ1) is 28.1. The van der Waals surface area contributed by atoms with Crippen LogP contribution in [-0.2, 0) is 19.1 Å². The van der Waals surface area contributed by atoms with Crippen LogP contribution in [0.15, 0.2) is 71.8 Å². The van der Waals surface area contributed by atoms with E-state index in [0.29, 0.717) is 26.2 Å². The second-order valence-corrected chi connectivity index (χ2v) is 5.69. The highest BCUT2D eigenvalue weighted by molar-refractivity contribution is 6.43. The van der Waals surface area contributed by atoms with E-state index in [1.54, 1.807) is 13.8 Å². The molecule has 0 aliphatic rings. The molecule has 140 valence electrons. The minimum absolute atomic E-state index is 0.0325. The van der Waals surface area contributed by atoms with Gasteiger partial charge in [-0.25, -0.2) is 9.59 Å². The Morgan fingerprint density at radius 2 is 1.04 bits per heavy atom. The SMILES string of the molecule is C=C(C)C(=O)OCCOC(=O)C(=C)C.C=C(Cl)C(=C)Cl.C=CC(=C)Cl. The minimum Gasteiger partial charge on any atom is -0.459 e. The fourth-order valence-electron chi connectivity index (χ4n) is 0.515. The summed E-state index contributed by atoms with van der Waals surface area (Å²) < 4.78 is 9.38. The van der Waals surface area contributed by atoms with Crippen molar-refractivity contribution in [3.63, 3.8) is 0 Å². The normalized spacial score (nSPS) is 8.20. The summed E-state index contributed by atoms with van der Waals surface area (Å²) in [5, 5.41) is 1.10. The molecule has 0 atom stereocenters. The fourth-order valence-corrected chi connectivity index (χ4v) is 0.515. The van der Waals surface area contributed by atoms with Crippen LogP contribution in [0.3, 0.4) is 0 Å². The largest absolute Gasteiger partial charge is 0.459 e. The lowest BCUT2D eigenvalue weighted by Crippen LogP contribution is -2.14. The van der Waals surface area contributed by atoms with E-state index >= 15 is 0 Å². The molecule has 0 aromatic rings. The number of hydrogen-bond acceptors (Lipinski definition) is 4. The van der Waals surface area contributed by atoms with Crippen molar-refractivity contribution in [3.8, 4) is 0 Å². The van der Waals surface area contributed by atoms with Crippen molar-refractivity contribution in [1.29, 1.82) is 0 Å². The van der Waals surface area contributed by atoms with Crippen LogP contribution in [0.5, 0.6) is 0 Å². The van der Waals surface area contributed by atoms with E-state index < -0.39 is 11.9 Å². The highest BCUT2D eigenvalue weighted by Crippen LogP contribution is 2.12. The molecule has 0 saturated heterocycles. The zero-order valence-corrected chi connectivity index (χ0v) is 16.8. The predicted octanol–water partition coefficient (Wildman–Crippen LogP) is 5.64. The zero-order chi connectivity index (χ0) is 20.6. The van der Waals surface area contributed by atoms with Gasteiger partial charge in [0.15, 0.2) is 0 Å². The van der Waals surface area contributed by atoms with Gasteiger partial charge in [-0.05, 0) is 13.8 Å². The maximum Gasteiger partial charge on any atom is 0.333 e. The maximum atomic E-state index is 10.8. The van der Waals surface area contributed by atoms with E-state index in [0.717, 1.165) is 0 Å². The molecule has 0 aliphatic carbocycles. The molecule has 0 fully saturated rings.